The minimum absolute atomic E-state index is 0.0922. The molecule has 1 amide bonds. The molecule has 0 saturated carbocycles. The second-order valence-corrected chi connectivity index (χ2v) is 4.23. The minimum Gasteiger partial charge on any atom is -0.399 e. The van der Waals surface area contributed by atoms with E-state index >= 15 is 0 Å². The fourth-order valence-electron chi connectivity index (χ4n) is 1.80. The van der Waals surface area contributed by atoms with Crippen LogP contribution in [0.25, 0.3) is 0 Å². The first-order chi connectivity index (χ1) is 8.60. The molecule has 0 radical (unpaired) electrons. The molecule has 0 heterocycles. The van der Waals surface area contributed by atoms with Crippen molar-refractivity contribution in [3.05, 3.63) is 23.8 Å². The van der Waals surface area contributed by atoms with Crippen molar-refractivity contribution in [3.8, 4) is 0 Å². The van der Waals surface area contributed by atoms with E-state index in [9.17, 15) is 4.79 Å². The quantitative estimate of drug-likeness (QED) is 0.513. The van der Waals surface area contributed by atoms with Gasteiger partial charge in [0.1, 0.15) is 0 Å². The van der Waals surface area contributed by atoms with Crippen LogP contribution in [0, 0.1) is 0 Å². The minimum atomic E-state index is -0.0922. The van der Waals surface area contributed by atoms with Gasteiger partial charge in [-0.3, -0.25) is 4.79 Å². The Balaban J connectivity index is 2.90. The molecule has 4 N–H and O–H groups in total. The van der Waals surface area contributed by atoms with Gasteiger partial charge in [0.15, 0.2) is 0 Å². The van der Waals surface area contributed by atoms with Crippen molar-refractivity contribution < 1.29 is 4.79 Å². The molecule has 0 spiro atoms. The maximum absolute atomic E-state index is 11.8. The molecule has 0 aliphatic heterocycles. The summed E-state index contributed by atoms with van der Waals surface area (Å²) in [4.78, 5) is 13.8. The SMILES string of the molecule is CNCCCN(C)c1cc(N)ccc1C(=O)NC. The predicted molar refractivity (Wildman–Crippen MR) is 76.1 cm³/mol. The number of hydrogen-bond acceptors (Lipinski definition) is 4. The van der Waals surface area contributed by atoms with E-state index in [1.165, 1.54) is 0 Å². The van der Waals surface area contributed by atoms with Gasteiger partial charge in [0.05, 0.1) is 11.3 Å². The van der Waals surface area contributed by atoms with Crippen molar-refractivity contribution in [1.29, 1.82) is 0 Å². The summed E-state index contributed by atoms with van der Waals surface area (Å²) in [6, 6.07) is 5.34. The first-order valence-electron chi connectivity index (χ1n) is 6.07. The number of benzene rings is 1. The van der Waals surface area contributed by atoms with E-state index in [2.05, 4.69) is 15.5 Å². The Morgan fingerprint density at radius 3 is 2.72 bits per heavy atom. The highest BCUT2D eigenvalue weighted by Gasteiger charge is 2.13. The van der Waals surface area contributed by atoms with Crippen molar-refractivity contribution in [2.75, 3.05) is 44.9 Å². The average Bonchev–Trinajstić information content (AvgIpc) is 2.38. The van der Waals surface area contributed by atoms with Crippen LogP contribution in [0.4, 0.5) is 11.4 Å². The van der Waals surface area contributed by atoms with Crippen LogP contribution in [0.2, 0.25) is 0 Å². The normalized spacial score (nSPS) is 10.2. The molecular formula is C13H22N4O. The lowest BCUT2D eigenvalue weighted by Gasteiger charge is -2.22. The van der Waals surface area contributed by atoms with Crippen molar-refractivity contribution in [2.24, 2.45) is 0 Å². The summed E-state index contributed by atoms with van der Waals surface area (Å²) in [6.07, 6.45) is 1.01. The van der Waals surface area contributed by atoms with Gasteiger partial charge < -0.3 is 21.3 Å². The van der Waals surface area contributed by atoms with Crippen molar-refractivity contribution in [3.63, 3.8) is 0 Å². The zero-order valence-electron chi connectivity index (χ0n) is 11.3. The number of nitrogens with zero attached hydrogens (tertiary/aromatic N) is 1. The summed E-state index contributed by atoms with van der Waals surface area (Å²) < 4.78 is 0. The molecule has 100 valence electrons. The van der Waals surface area contributed by atoms with E-state index in [0.29, 0.717) is 11.3 Å². The molecule has 0 aliphatic carbocycles. The number of nitrogens with one attached hydrogen (secondary N) is 2. The predicted octanol–water partition coefficient (Wildman–Crippen LogP) is 0.674. The fraction of sp³-hybridized carbons (Fsp3) is 0.462. The fourth-order valence-corrected chi connectivity index (χ4v) is 1.80. The third-order valence-electron chi connectivity index (χ3n) is 2.83. The summed E-state index contributed by atoms with van der Waals surface area (Å²) in [7, 11) is 5.52. The van der Waals surface area contributed by atoms with Crippen LogP contribution in [-0.4, -0.2) is 40.1 Å². The monoisotopic (exact) mass is 250 g/mol. The Kier molecular flexibility index (Phi) is 5.45. The van der Waals surface area contributed by atoms with Crippen LogP contribution >= 0.6 is 0 Å². The zero-order valence-corrected chi connectivity index (χ0v) is 11.3. The van der Waals surface area contributed by atoms with Crippen LogP contribution < -0.4 is 21.3 Å². The Morgan fingerprint density at radius 2 is 2.11 bits per heavy atom. The first-order valence-corrected chi connectivity index (χ1v) is 6.07. The van der Waals surface area contributed by atoms with Gasteiger partial charge in [-0.2, -0.15) is 0 Å². The molecular weight excluding hydrogens is 228 g/mol. The number of nitrogen functional groups attached to an aromatic ring is 1. The van der Waals surface area contributed by atoms with Gasteiger partial charge in [0, 0.05) is 26.3 Å². The molecule has 1 aromatic carbocycles. The number of carbonyl (C=O) groups excluding carboxylic acids is 1. The molecule has 1 rings (SSSR count). The van der Waals surface area contributed by atoms with Crippen molar-refractivity contribution >= 4 is 17.3 Å². The number of amides is 1. The molecule has 0 aromatic heterocycles. The Labute approximate surface area is 108 Å². The molecule has 0 aliphatic rings. The van der Waals surface area contributed by atoms with E-state index in [1.54, 1.807) is 19.2 Å². The number of nitrogens with two attached hydrogens (primary N) is 1. The molecule has 5 nitrogen and oxygen atoms in total. The smallest absolute Gasteiger partial charge is 0.253 e. The number of hydrogen-bond donors (Lipinski definition) is 3. The Morgan fingerprint density at radius 1 is 1.39 bits per heavy atom. The topological polar surface area (TPSA) is 70.4 Å². The Bertz CT molecular complexity index is 406. The molecule has 18 heavy (non-hydrogen) atoms. The van der Waals surface area contributed by atoms with Crippen LogP contribution in [0.15, 0.2) is 18.2 Å². The van der Waals surface area contributed by atoms with Gasteiger partial charge in [-0.05, 0) is 38.2 Å². The van der Waals surface area contributed by atoms with E-state index in [4.69, 9.17) is 5.73 Å². The van der Waals surface area contributed by atoms with E-state index < -0.39 is 0 Å². The Hall–Kier alpha value is -1.75. The molecule has 0 saturated heterocycles. The highest BCUT2D eigenvalue weighted by atomic mass is 16.1. The maximum Gasteiger partial charge on any atom is 0.253 e. The van der Waals surface area contributed by atoms with Crippen LogP contribution in [-0.2, 0) is 0 Å². The summed E-state index contributed by atoms with van der Waals surface area (Å²) in [5.74, 6) is -0.0922. The van der Waals surface area contributed by atoms with Gasteiger partial charge in [0.25, 0.3) is 5.91 Å². The van der Waals surface area contributed by atoms with Gasteiger partial charge in [0.2, 0.25) is 0 Å². The lowest BCUT2D eigenvalue weighted by Crippen LogP contribution is -2.26. The second-order valence-electron chi connectivity index (χ2n) is 4.23. The molecule has 0 atom stereocenters. The van der Waals surface area contributed by atoms with Gasteiger partial charge in [-0.25, -0.2) is 0 Å². The van der Waals surface area contributed by atoms with E-state index in [0.717, 1.165) is 25.2 Å². The molecule has 0 bridgehead atoms. The van der Waals surface area contributed by atoms with Crippen molar-refractivity contribution in [2.45, 2.75) is 6.42 Å². The van der Waals surface area contributed by atoms with E-state index in [1.807, 2.05) is 20.2 Å². The highest BCUT2D eigenvalue weighted by Crippen LogP contribution is 2.22. The van der Waals surface area contributed by atoms with Crippen molar-refractivity contribution in [1.82, 2.24) is 10.6 Å². The summed E-state index contributed by atoms with van der Waals surface area (Å²) >= 11 is 0. The number of carbonyl (C=O) groups is 1. The lowest BCUT2D eigenvalue weighted by molar-refractivity contribution is 0.0963. The first kappa shape index (κ1) is 14.3. The molecule has 5 heteroatoms. The molecule has 1 aromatic rings. The highest BCUT2D eigenvalue weighted by molar-refractivity contribution is 6.00. The van der Waals surface area contributed by atoms with Crippen LogP contribution in [0.1, 0.15) is 16.8 Å². The van der Waals surface area contributed by atoms with E-state index in [-0.39, 0.29) is 5.91 Å². The third kappa shape index (κ3) is 3.63. The zero-order chi connectivity index (χ0) is 13.5. The second kappa shape index (κ2) is 6.86. The summed E-state index contributed by atoms with van der Waals surface area (Å²) in [6.45, 7) is 1.82. The summed E-state index contributed by atoms with van der Waals surface area (Å²) in [5, 5.41) is 5.75. The van der Waals surface area contributed by atoms with Gasteiger partial charge in [-0.15, -0.1) is 0 Å². The number of rotatable bonds is 6. The molecule has 0 unspecified atom stereocenters. The lowest BCUT2D eigenvalue weighted by atomic mass is 10.1. The van der Waals surface area contributed by atoms with Crippen LogP contribution in [0.3, 0.4) is 0 Å². The third-order valence-corrected chi connectivity index (χ3v) is 2.83. The largest absolute Gasteiger partial charge is 0.399 e. The van der Waals surface area contributed by atoms with Crippen LogP contribution in [0.5, 0.6) is 0 Å². The van der Waals surface area contributed by atoms with Gasteiger partial charge >= 0.3 is 0 Å². The average molecular weight is 250 g/mol. The summed E-state index contributed by atoms with van der Waals surface area (Å²) in [5.41, 5.74) is 7.97. The number of anilines is 2. The maximum atomic E-state index is 11.8. The van der Waals surface area contributed by atoms with Gasteiger partial charge in [-0.1, -0.05) is 0 Å². The standard InChI is InChI=1S/C13H22N4O/c1-15-7-4-8-17(3)12-9-10(14)5-6-11(12)13(18)16-2/h5-6,9,15H,4,7-8,14H2,1-3H3,(H,16,18). The molecule has 0 fully saturated rings.